The number of nitrogens with one attached hydrogen (secondary N) is 1. The number of hydrogen-bond donors (Lipinski definition) is 1. The fraction of sp³-hybridized carbons (Fsp3) is 0.389. The number of pyridine rings is 1. The number of aromatic amines is 1. The Morgan fingerprint density at radius 3 is 2.96 bits per heavy atom. The van der Waals surface area contributed by atoms with E-state index >= 15 is 0 Å². The first-order valence-electron chi connectivity index (χ1n) is 8.70. The molecule has 1 saturated heterocycles. The van der Waals surface area contributed by atoms with Gasteiger partial charge in [-0.1, -0.05) is 0 Å². The molecular formula is C18H17N5O2S. The van der Waals surface area contributed by atoms with Crippen LogP contribution in [0.5, 0.6) is 0 Å². The number of fused-ring (bicyclic) bond motifs is 3. The summed E-state index contributed by atoms with van der Waals surface area (Å²) in [7, 11) is -3.22. The summed E-state index contributed by atoms with van der Waals surface area (Å²) in [4.78, 5) is 12.4. The standard InChI is InChI=1S/C18H17N5O2S/c19-6-12-3-4-15-14(5-12)17-16(7-20-15)21-18(22-17)13-9-23(8-11-1-2-11)26(24,25)10-13/h3-5,7,11,13H,1-2,8-10H2,(H,21,22)/t13-/m0/s1. The van der Waals surface area contributed by atoms with Crippen molar-refractivity contribution in [2.45, 2.75) is 18.8 Å². The number of rotatable bonds is 3. The fourth-order valence-corrected chi connectivity index (χ4v) is 5.48. The molecule has 0 bridgehead atoms. The van der Waals surface area contributed by atoms with Gasteiger partial charge in [0.25, 0.3) is 0 Å². The van der Waals surface area contributed by atoms with Gasteiger partial charge in [0.2, 0.25) is 10.0 Å². The zero-order chi connectivity index (χ0) is 17.9. The lowest BCUT2D eigenvalue weighted by Crippen LogP contribution is -2.28. The third-order valence-electron chi connectivity index (χ3n) is 5.24. The maximum Gasteiger partial charge on any atom is 0.214 e. The Kier molecular flexibility index (Phi) is 3.33. The van der Waals surface area contributed by atoms with Crippen molar-refractivity contribution in [1.82, 2.24) is 19.3 Å². The number of nitrogens with zero attached hydrogens (tertiary/aromatic N) is 4. The van der Waals surface area contributed by atoms with Gasteiger partial charge in [-0.2, -0.15) is 5.26 Å². The van der Waals surface area contributed by atoms with E-state index in [1.165, 1.54) is 0 Å². The second-order valence-electron chi connectivity index (χ2n) is 7.22. The van der Waals surface area contributed by atoms with Gasteiger partial charge >= 0.3 is 0 Å². The van der Waals surface area contributed by atoms with Gasteiger partial charge in [-0.25, -0.2) is 17.7 Å². The molecule has 2 aliphatic rings. The van der Waals surface area contributed by atoms with Crippen molar-refractivity contribution < 1.29 is 8.42 Å². The summed E-state index contributed by atoms with van der Waals surface area (Å²) in [5.74, 6) is 1.13. The molecule has 2 aromatic heterocycles. The lowest BCUT2D eigenvalue weighted by molar-refractivity contribution is 0.412. The molecule has 0 radical (unpaired) electrons. The van der Waals surface area contributed by atoms with Crippen molar-refractivity contribution in [2.24, 2.45) is 5.92 Å². The average molecular weight is 367 g/mol. The van der Waals surface area contributed by atoms with Crippen molar-refractivity contribution >= 4 is 32.0 Å². The Hall–Kier alpha value is -2.50. The zero-order valence-corrected chi connectivity index (χ0v) is 14.8. The molecule has 1 N–H and O–H groups in total. The molecule has 132 valence electrons. The van der Waals surface area contributed by atoms with Crippen LogP contribution in [0.2, 0.25) is 0 Å². The molecule has 5 rings (SSSR count). The first-order valence-corrected chi connectivity index (χ1v) is 10.3. The van der Waals surface area contributed by atoms with Crippen LogP contribution < -0.4 is 0 Å². The largest absolute Gasteiger partial charge is 0.340 e. The summed E-state index contributed by atoms with van der Waals surface area (Å²) < 4.78 is 26.5. The minimum absolute atomic E-state index is 0.0916. The van der Waals surface area contributed by atoms with Crippen molar-refractivity contribution in [3.63, 3.8) is 0 Å². The molecule has 26 heavy (non-hydrogen) atoms. The van der Waals surface area contributed by atoms with E-state index in [1.54, 1.807) is 28.7 Å². The Morgan fingerprint density at radius 2 is 2.19 bits per heavy atom. The van der Waals surface area contributed by atoms with E-state index in [4.69, 9.17) is 10.2 Å². The van der Waals surface area contributed by atoms with Crippen LogP contribution in [0.3, 0.4) is 0 Å². The molecule has 0 spiro atoms. The van der Waals surface area contributed by atoms with Crippen molar-refractivity contribution in [1.29, 1.82) is 5.26 Å². The molecule has 3 heterocycles. The Balaban J connectivity index is 1.55. The highest BCUT2D eigenvalue weighted by Crippen LogP contribution is 2.35. The lowest BCUT2D eigenvalue weighted by atomic mass is 10.1. The molecule has 8 heteroatoms. The average Bonchev–Trinajstić information content (AvgIpc) is 3.25. The van der Waals surface area contributed by atoms with E-state index < -0.39 is 10.0 Å². The first-order chi connectivity index (χ1) is 12.5. The third-order valence-corrected chi connectivity index (χ3v) is 7.15. The van der Waals surface area contributed by atoms with Crippen LogP contribution in [-0.2, 0) is 10.0 Å². The maximum atomic E-state index is 12.5. The van der Waals surface area contributed by atoms with E-state index in [2.05, 4.69) is 16.0 Å². The van der Waals surface area contributed by atoms with Gasteiger partial charge in [0.05, 0.1) is 40.1 Å². The summed E-state index contributed by atoms with van der Waals surface area (Å²) in [6.45, 7) is 1.11. The van der Waals surface area contributed by atoms with Crippen LogP contribution >= 0.6 is 0 Å². The van der Waals surface area contributed by atoms with Crippen LogP contribution in [0.15, 0.2) is 24.4 Å². The number of nitriles is 1. The van der Waals surface area contributed by atoms with Gasteiger partial charge in [-0.15, -0.1) is 0 Å². The molecule has 1 saturated carbocycles. The SMILES string of the molecule is N#Cc1ccc2ncc3[nH]c([C@H]4CN(CC5CC5)S(=O)(=O)C4)nc3c2c1. The van der Waals surface area contributed by atoms with Gasteiger partial charge < -0.3 is 4.98 Å². The number of H-pyrrole nitrogens is 1. The molecule has 7 nitrogen and oxygen atoms in total. The van der Waals surface area contributed by atoms with E-state index in [0.29, 0.717) is 30.4 Å². The zero-order valence-electron chi connectivity index (χ0n) is 14.0. The molecule has 2 fully saturated rings. The van der Waals surface area contributed by atoms with Crippen molar-refractivity contribution in [3.8, 4) is 6.07 Å². The van der Waals surface area contributed by atoms with Crippen LogP contribution in [0, 0.1) is 17.2 Å². The van der Waals surface area contributed by atoms with Gasteiger partial charge in [0.15, 0.2) is 0 Å². The number of hydrogen-bond acceptors (Lipinski definition) is 5. The van der Waals surface area contributed by atoms with E-state index in [9.17, 15) is 8.42 Å². The molecule has 1 atom stereocenters. The van der Waals surface area contributed by atoms with Crippen LogP contribution in [0.4, 0.5) is 0 Å². The fourth-order valence-electron chi connectivity index (χ4n) is 3.65. The second-order valence-corrected chi connectivity index (χ2v) is 9.24. The Bertz CT molecular complexity index is 1170. The summed E-state index contributed by atoms with van der Waals surface area (Å²) >= 11 is 0. The van der Waals surface area contributed by atoms with Crippen LogP contribution in [0.25, 0.3) is 21.9 Å². The normalized spacial score (nSPS) is 22.8. The predicted molar refractivity (Wildman–Crippen MR) is 96.9 cm³/mol. The number of aromatic nitrogens is 3. The summed E-state index contributed by atoms with van der Waals surface area (Å²) in [5.41, 5.74) is 2.82. The third kappa shape index (κ3) is 2.55. The van der Waals surface area contributed by atoms with Gasteiger partial charge in [0, 0.05) is 24.4 Å². The second kappa shape index (κ2) is 5.50. The van der Waals surface area contributed by atoms with Crippen molar-refractivity contribution in [3.05, 3.63) is 35.8 Å². The van der Waals surface area contributed by atoms with E-state index in [-0.39, 0.29) is 11.7 Å². The summed E-state index contributed by atoms with van der Waals surface area (Å²) in [5, 5.41) is 9.95. The highest BCUT2D eigenvalue weighted by Gasteiger charge is 2.40. The lowest BCUT2D eigenvalue weighted by Gasteiger charge is -2.13. The van der Waals surface area contributed by atoms with Crippen LogP contribution in [0.1, 0.15) is 30.1 Å². The smallest absolute Gasteiger partial charge is 0.214 e. The van der Waals surface area contributed by atoms with E-state index in [1.807, 2.05) is 0 Å². The van der Waals surface area contributed by atoms with Crippen molar-refractivity contribution in [2.75, 3.05) is 18.8 Å². The number of benzene rings is 1. The molecule has 1 aliphatic heterocycles. The quantitative estimate of drug-likeness (QED) is 0.764. The topological polar surface area (TPSA) is 103 Å². The Morgan fingerprint density at radius 1 is 1.35 bits per heavy atom. The monoisotopic (exact) mass is 367 g/mol. The number of sulfonamides is 1. The van der Waals surface area contributed by atoms with Crippen LogP contribution in [-0.4, -0.2) is 46.5 Å². The molecule has 1 aliphatic carbocycles. The van der Waals surface area contributed by atoms with Gasteiger partial charge in [-0.05, 0) is 37.0 Å². The van der Waals surface area contributed by atoms with Gasteiger partial charge in [-0.3, -0.25) is 4.98 Å². The maximum absolute atomic E-state index is 12.5. The molecular weight excluding hydrogens is 350 g/mol. The predicted octanol–water partition coefficient (Wildman–Crippen LogP) is 2.12. The molecule has 0 unspecified atom stereocenters. The van der Waals surface area contributed by atoms with E-state index in [0.717, 1.165) is 34.8 Å². The molecule has 1 aromatic carbocycles. The minimum Gasteiger partial charge on any atom is -0.340 e. The summed E-state index contributed by atoms with van der Waals surface area (Å²) in [6, 6.07) is 7.45. The first kappa shape index (κ1) is 15.7. The Labute approximate surface area is 150 Å². The number of imidazole rings is 1. The van der Waals surface area contributed by atoms with Gasteiger partial charge in [0.1, 0.15) is 5.82 Å². The highest BCUT2D eigenvalue weighted by molar-refractivity contribution is 7.89. The molecule has 0 amide bonds. The minimum atomic E-state index is -3.22. The summed E-state index contributed by atoms with van der Waals surface area (Å²) in [6.07, 6.45) is 3.96. The molecule has 3 aromatic rings. The highest BCUT2D eigenvalue weighted by atomic mass is 32.2.